The third kappa shape index (κ3) is 2.19. The number of rotatable bonds is 1. The number of hydrogen-bond donors (Lipinski definition) is 3. The minimum absolute atomic E-state index is 0.387. The van der Waals surface area contributed by atoms with E-state index in [1.54, 1.807) is 0 Å². The van der Waals surface area contributed by atoms with Gasteiger partial charge in [-0.15, -0.1) is 0 Å². The number of benzene rings is 1. The minimum atomic E-state index is -1.25. The summed E-state index contributed by atoms with van der Waals surface area (Å²) in [5.74, 6) is -4.82. The quantitative estimate of drug-likeness (QED) is 0.567. The fourth-order valence-corrected chi connectivity index (χ4v) is 2.49. The van der Waals surface area contributed by atoms with E-state index in [4.69, 9.17) is 23.1 Å². The summed E-state index contributed by atoms with van der Waals surface area (Å²) < 4.78 is 41.6. The summed E-state index contributed by atoms with van der Waals surface area (Å²) in [6.07, 6.45) is 0. The van der Waals surface area contributed by atoms with Crippen molar-refractivity contribution in [3.05, 3.63) is 55.4 Å². The molecule has 0 saturated heterocycles. The Hall–Kier alpha value is -3.01. The van der Waals surface area contributed by atoms with E-state index < -0.39 is 56.4 Å². The highest BCUT2D eigenvalue weighted by atomic mass is 35.5. The number of fused-ring (bicyclic) bond motifs is 1. The smallest absolute Gasteiger partial charge is 0.334 e. The van der Waals surface area contributed by atoms with Crippen LogP contribution in [-0.2, 0) is 0 Å². The Morgan fingerprint density at radius 3 is 2.42 bits per heavy atom. The number of nitrogens with zero attached hydrogens (tertiary/aromatic N) is 2. The number of nitrogens with two attached hydrogens (primary N) is 2. The van der Waals surface area contributed by atoms with Crippen LogP contribution < -0.4 is 22.7 Å². The summed E-state index contributed by atoms with van der Waals surface area (Å²) >= 11 is 5.89. The molecule has 0 radical (unpaired) electrons. The monoisotopic (exact) mass is 357 g/mol. The lowest BCUT2D eigenvalue weighted by Gasteiger charge is -2.13. The van der Waals surface area contributed by atoms with E-state index in [1.807, 2.05) is 4.98 Å². The maximum Gasteiger partial charge on any atom is 0.334 e. The van der Waals surface area contributed by atoms with Crippen molar-refractivity contribution in [2.24, 2.45) is 0 Å². The number of H-pyrrole nitrogens is 1. The van der Waals surface area contributed by atoms with Crippen LogP contribution in [0.25, 0.3) is 16.7 Å². The fourth-order valence-electron chi connectivity index (χ4n) is 2.22. The summed E-state index contributed by atoms with van der Waals surface area (Å²) in [7, 11) is 0. The maximum atomic E-state index is 14.1. The highest BCUT2D eigenvalue weighted by Gasteiger charge is 2.21. The van der Waals surface area contributed by atoms with Gasteiger partial charge >= 0.3 is 5.69 Å². The van der Waals surface area contributed by atoms with Gasteiger partial charge in [0.2, 0.25) is 0 Å². The molecule has 0 aliphatic heterocycles. The van der Waals surface area contributed by atoms with Gasteiger partial charge in [0.05, 0.1) is 21.6 Å². The molecule has 0 amide bonds. The molecule has 24 heavy (non-hydrogen) atoms. The van der Waals surface area contributed by atoms with Gasteiger partial charge < -0.3 is 11.5 Å². The van der Waals surface area contributed by atoms with Crippen molar-refractivity contribution in [2.75, 3.05) is 11.5 Å². The first-order valence-corrected chi connectivity index (χ1v) is 6.64. The minimum Gasteiger partial charge on any atom is -0.396 e. The molecule has 2 heterocycles. The molecule has 11 heteroatoms. The zero-order valence-electron chi connectivity index (χ0n) is 11.5. The Labute approximate surface area is 135 Å². The van der Waals surface area contributed by atoms with Gasteiger partial charge in [-0.25, -0.2) is 27.5 Å². The van der Waals surface area contributed by atoms with Crippen molar-refractivity contribution in [1.29, 1.82) is 0 Å². The summed E-state index contributed by atoms with van der Waals surface area (Å²) in [5.41, 5.74) is 7.64. The van der Waals surface area contributed by atoms with Crippen molar-refractivity contribution in [2.45, 2.75) is 0 Å². The van der Waals surface area contributed by atoms with E-state index in [0.717, 1.165) is 6.07 Å². The Bertz CT molecular complexity index is 1130. The van der Waals surface area contributed by atoms with Gasteiger partial charge in [0, 0.05) is 6.07 Å². The van der Waals surface area contributed by atoms with Crippen molar-refractivity contribution in [3.8, 4) is 5.82 Å². The Kier molecular flexibility index (Phi) is 3.48. The number of hydrogen-bond acceptors (Lipinski definition) is 5. The van der Waals surface area contributed by atoms with Gasteiger partial charge in [-0.1, -0.05) is 11.6 Å². The molecule has 7 nitrogen and oxygen atoms in total. The van der Waals surface area contributed by atoms with E-state index in [0.29, 0.717) is 10.6 Å². The molecule has 0 bridgehead atoms. The molecule has 0 aliphatic rings. The zero-order chi connectivity index (χ0) is 17.8. The van der Waals surface area contributed by atoms with Crippen molar-refractivity contribution < 1.29 is 13.2 Å². The SMILES string of the molecule is Nc1nc(-n2c(=O)[nH]c(=O)c3c(N)c(F)cc(Cl)c32)c(F)cc1F. The van der Waals surface area contributed by atoms with E-state index in [2.05, 4.69) is 4.98 Å². The second kappa shape index (κ2) is 5.27. The number of pyridine rings is 1. The molecule has 0 atom stereocenters. The number of anilines is 2. The van der Waals surface area contributed by atoms with E-state index in [9.17, 15) is 22.8 Å². The van der Waals surface area contributed by atoms with E-state index in [1.165, 1.54) is 0 Å². The molecule has 1 aromatic carbocycles. The number of nitrogens with one attached hydrogen (secondary N) is 1. The largest absolute Gasteiger partial charge is 0.396 e. The highest BCUT2D eigenvalue weighted by Crippen LogP contribution is 2.29. The first kappa shape index (κ1) is 15.9. The zero-order valence-corrected chi connectivity index (χ0v) is 12.3. The molecule has 0 unspecified atom stereocenters. The Morgan fingerprint density at radius 1 is 1.08 bits per heavy atom. The topological polar surface area (TPSA) is 120 Å². The molecular weight excluding hydrogens is 351 g/mol. The van der Waals surface area contributed by atoms with Crippen LogP contribution in [0, 0.1) is 17.5 Å². The average molecular weight is 358 g/mol. The molecule has 3 rings (SSSR count). The normalized spacial score (nSPS) is 11.2. The third-order valence-corrected chi connectivity index (χ3v) is 3.56. The lowest BCUT2D eigenvalue weighted by molar-refractivity contribution is 0.568. The van der Waals surface area contributed by atoms with Gasteiger partial charge in [0.15, 0.2) is 23.3 Å². The van der Waals surface area contributed by atoms with Gasteiger partial charge in [-0.2, -0.15) is 0 Å². The van der Waals surface area contributed by atoms with Crippen LogP contribution in [-0.4, -0.2) is 14.5 Å². The van der Waals surface area contributed by atoms with Crippen LogP contribution in [0.3, 0.4) is 0 Å². The van der Waals surface area contributed by atoms with Crippen LogP contribution in [0.4, 0.5) is 24.7 Å². The highest BCUT2D eigenvalue weighted by molar-refractivity contribution is 6.35. The third-order valence-electron chi connectivity index (χ3n) is 3.27. The first-order chi connectivity index (χ1) is 11.2. The molecule has 2 aromatic heterocycles. The van der Waals surface area contributed by atoms with E-state index >= 15 is 0 Å². The van der Waals surface area contributed by atoms with Crippen LogP contribution in [0.1, 0.15) is 0 Å². The molecule has 0 saturated carbocycles. The van der Waals surface area contributed by atoms with Crippen molar-refractivity contribution in [1.82, 2.24) is 14.5 Å². The molecule has 124 valence electrons. The number of nitrogen functional groups attached to an aromatic ring is 2. The first-order valence-electron chi connectivity index (χ1n) is 6.26. The summed E-state index contributed by atoms with van der Waals surface area (Å²) in [4.78, 5) is 29.4. The van der Waals surface area contributed by atoms with Crippen molar-refractivity contribution >= 4 is 34.0 Å². The summed E-state index contributed by atoms with van der Waals surface area (Å²) in [6, 6.07) is 1.15. The molecule has 3 aromatic rings. The maximum absolute atomic E-state index is 14.1. The lowest BCUT2D eigenvalue weighted by Crippen LogP contribution is -2.31. The number of aromatic nitrogens is 3. The van der Waals surface area contributed by atoms with Gasteiger partial charge in [-0.3, -0.25) is 9.78 Å². The average Bonchev–Trinajstić information content (AvgIpc) is 2.49. The van der Waals surface area contributed by atoms with Gasteiger partial charge in [-0.05, 0) is 6.07 Å². The van der Waals surface area contributed by atoms with Crippen LogP contribution in [0.2, 0.25) is 5.02 Å². The van der Waals surface area contributed by atoms with Crippen LogP contribution in [0.15, 0.2) is 21.7 Å². The Morgan fingerprint density at radius 2 is 1.75 bits per heavy atom. The second-order valence-corrected chi connectivity index (χ2v) is 5.14. The molecular formula is C13H7ClF3N5O2. The number of halogens is 4. The molecule has 0 aliphatic carbocycles. The van der Waals surface area contributed by atoms with Crippen LogP contribution >= 0.6 is 11.6 Å². The standard InChI is InChI=1S/C13H7ClF3N5O2/c14-3-1-4(15)8(18)7-9(3)22(13(24)21-12(7)23)11-6(17)2-5(16)10(19)20-11/h1-2H,18H2,(H2,19,20)(H,21,23,24). The predicted molar refractivity (Wildman–Crippen MR) is 81.7 cm³/mol. The lowest BCUT2D eigenvalue weighted by atomic mass is 10.2. The fraction of sp³-hybridized carbons (Fsp3) is 0. The molecule has 0 spiro atoms. The Balaban J connectivity index is 2.60. The summed E-state index contributed by atoms with van der Waals surface area (Å²) in [5, 5.41) is -0.882. The molecule has 0 fully saturated rings. The second-order valence-electron chi connectivity index (χ2n) is 4.73. The van der Waals surface area contributed by atoms with Crippen LogP contribution in [0.5, 0.6) is 0 Å². The summed E-state index contributed by atoms with van der Waals surface area (Å²) in [6.45, 7) is 0. The van der Waals surface area contributed by atoms with E-state index in [-0.39, 0.29) is 5.52 Å². The van der Waals surface area contributed by atoms with Gasteiger partial charge in [0.1, 0.15) is 5.82 Å². The predicted octanol–water partition coefficient (Wildman–Crippen LogP) is 1.31. The number of aromatic amines is 1. The van der Waals surface area contributed by atoms with Gasteiger partial charge in [0.25, 0.3) is 5.56 Å². The van der Waals surface area contributed by atoms with Crippen molar-refractivity contribution in [3.63, 3.8) is 0 Å². The molecule has 5 N–H and O–H groups in total.